The molecule has 0 saturated heterocycles. The van der Waals surface area contributed by atoms with Gasteiger partial charge in [-0.25, -0.2) is 0 Å². The number of fused-ring (bicyclic) bond motifs is 4. The fourth-order valence-electron chi connectivity index (χ4n) is 5.16. The monoisotopic (exact) mass is 242 g/mol. The lowest BCUT2D eigenvalue weighted by Crippen LogP contribution is -2.30. The van der Waals surface area contributed by atoms with Gasteiger partial charge < -0.3 is 0 Å². The van der Waals surface area contributed by atoms with Gasteiger partial charge in [-0.1, -0.05) is 18.4 Å². The van der Waals surface area contributed by atoms with Crippen LogP contribution in [0.15, 0.2) is 22.8 Å². The van der Waals surface area contributed by atoms with E-state index in [1.807, 2.05) is 6.08 Å². The molecule has 0 radical (unpaired) electrons. The van der Waals surface area contributed by atoms with Crippen LogP contribution in [0, 0.1) is 17.8 Å². The molecule has 4 aliphatic rings. The number of hydrogen-bond donors (Lipinski definition) is 0. The topological polar surface area (TPSA) is 17.1 Å². The van der Waals surface area contributed by atoms with Gasteiger partial charge in [0.05, 0.1) is 0 Å². The average Bonchev–Trinajstić information content (AvgIpc) is 2.86. The van der Waals surface area contributed by atoms with Crippen molar-refractivity contribution in [2.24, 2.45) is 17.8 Å². The summed E-state index contributed by atoms with van der Waals surface area (Å²) in [7, 11) is 0. The summed E-state index contributed by atoms with van der Waals surface area (Å²) >= 11 is 0. The van der Waals surface area contributed by atoms with Crippen molar-refractivity contribution >= 4 is 5.78 Å². The number of carbonyl (C=O) groups is 1. The van der Waals surface area contributed by atoms with E-state index >= 15 is 0 Å². The van der Waals surface area contributed by atoms with Gasteiger partial charge in [-0.05, 0) is 73.5 Å². The minimum absolute atomic E-state index is 0.363. The fourth-order valence-corrected chi connectivity index (χ4v) is 5.16. The van der Waals surface area contributed by atoms with E-state index in [0.29, 0.717) is 5.78 Å². The lowest BCUT2D eigenvalue weighted by atomic mass is 9.63. The smallest absolute Gasteiger partial charge is 0.156 e. The first-order chi connectivity index (χ1) is 8.83. The van der Waals surface area contributed by atoms with E-state index in [4.69, 9.17) is 0 Å². The predicted molar refractivity (Wildman–Crippen MR) is 72.1 cm³/mol. The molecular formula is C17H22O. The highest BCUT2D eigenvalue weighted by molar-refractivity contribution is 5.93. The van der Waals surface area contributed by atoms with Crippen LogP contribution in [-0.4, -0.2) is 5.78 Å². The van der Waals surface area contributed by atoms with Crippen molar-refractivity contribution in [1.82, 2.24) is 0 Å². The van der Waals surface area contributed by atoms with Gasteiger partial charge >= 0.3 is 0 Å². The molecule has 3 atom stereocenters. The summed E-state index contributed by atoms with van der Waals surface area (Å²) in [6.45, 7) is 0. The quantitative estimate of drug-likeness (QED) is 0.622. The van der Waals surface area contributed by atoms with Crippen molar-refractivity contribution in [3.8, 4) is 0 Å². The molecule has 0 aliphatic heterocycles. The largest absolute Gasteiger partial charge is 0.295 e. The Morgan fingerprint density at radius 3 is 2.83 bits per heavy atom. The third-order valence-electron chi connectivity index (χ3n) is 5.92. The van der Waals surface area contributed by atoms with Gasteiger partial charge in [0, 0.05) is 6.42 Å². The Morgan fingerprint density at radius 2 is 1.89 bits per heavy atom. The van der Waals surface area contributed by atoms with Crippen LogP contribution in [0.4, 0.5) is 0 Å². The van der Waals surface area contributed by atoms with Gasteiger partial charge in [0.1, 0.15) is 0 Å². The molecule has 0 aromatic heterocycles. The molecule has 2 unspecified atom stereocenters. The number of ketones is 1. The molecule has 0 aromatic carbocycles. The standard InChI is InChI=1S/C17H22O/c18-13-6-9-15-12(10-13)5-8-16-14-3-1-2-11(14)4-7-17(15)16/h10-11,14,16H,1-9H2/t11?,14-,16?/m1/s1. The second-order valence-corrected chi connectivity index (χ2v) is 6.68. The van der Waals surface area contributed by atoms with E-state index in [1.165, 1.54) is 50.5 Å². The van der Waals surface area contributed by atoms with Crippen LogP contribution in [0.1, 0.15) is 57.8 Å². The van der Waals surface area contributed by atoms with Gasteiger partial charge in [-0.3, -0.25) is 4.79 Å². The molecule has 0 aromatic rings. The molecule has 0 amide bonds. The number of allylic oxidation sites excluding steroid dienone is 4. The highest BCUT2D eigenvalue weighted by Gasteiger charge is 2.41. The zero-order valence-corrected chi connectivity index (χ0v) is 11.1. The Labute approximate surface area is 109 Å². The molecule has 2 saturated carbocycles. The summed E-state index contributed by atoms with van der Waals surface area (Å²) < 4.78 is 0. The molecule has 96 valence electrons. The minimum Gasteiger partial charge on any atom is -0.295 e. The van der Waals surface area contributed by atoms with E-state index in [1.54, 1.807) is 11.1 Å². The van der Waals surface area contributed by atoms with E-state index in [-0.39, 0.29) is 0 Å². The SMILES string of the molecule is O=C1C=C2CCC3C(=C2CC1)CCC1CCC[C@H]13. The number of rotatable bonds is 0. The molecule has 0 bridgehead atoms. The van der Waals surface area contributed by atoms with Crippen LogP contribution >= 0.6 is 0 Å². The summed E-state index contributed by atoms with van der Waals surface area (Å²) in [5, 5.41) is 0. The second-order valence-electron chi connectivity index (χ2n) is 6.68. The number of carbonyl (C=O) groups excluding carboxylic acids is 1. The number of hydrogen-bond acceptors (Lipinski definition) is 1. The maximum absolute atomic E-state index is 11.6. The van der Waals surface area contributed by atoms with Gasteiger partial charge in [-0.2, -0.15) is 0 Å². The maximum Gasteiger partial charge on any atom is 0.156 e. The zero-order chi connectivity index (χ0) is 12.1. The summed E-state index contributed by atoms with van der Waals surface area (Å²) in [6.07, 6.45) is 13.5. The lowest BCUT2D eigenvalue weighted by Gasteiger charge is -2.42. The van der Waals surface area contributed by atoms with Crippen LogP contribution in [0.2, 0.25) is 0 Å². The molecule has 18 heavy (non-hydrogen) atoms. The van der Waals surface area contributed by atoms with E-state index < -0.39 is 0 Å². The van der Waals surface area contributed by atoms with E-state index in [9.17, 15) is 4.79 Å². The maximum atomic E-state index is 11.6. The summed E-state index contributed by atoms with van der Waals surface area (Å²) in [6, 6.07) is 0. The molecule has 0 N–H and O–H groups in total. The molecular weight excluding hydrogens is 220 g/mol. The molecule has 0 spiro atoms. The van der Waals surface area contributed by atoms with Crippen molar-refractivity contribution in [2.75, 3.05) is 0 Å². The first-order valence-electron chi connectivity index (χ1n) is 7.78. The van der Waals surface area contributed by atoms with Crippen LogP contribution in [-0.2, 0) is 4.79 Å². The molecule has 0 heterocycles. The molecule has 1 nitrogen and oxygen atoms in total. The summed E-state index contributed by atoms with van der Waals surface area (Å²) in [4.78, 5) is 11.6. The minimum atomic E-state index is 0.363. The zero-order valence-electron chi connectivity index (χ0n) is 11.1. The third-order valence-corrected chi connectivity index (χ3v) is 5.92. The van der Waals surface area contributed by atoms with Crippen molar-refractivity contribution < 1.29 is 4.79 Å². The molecule has 2 fully saturated rings. The van der Waals surface area contributed by atoms with Crippen molar-refractivity contribution in [3.63, 3.8) is 0 Å². The van der Waals surface area contributed by atoms with Crippen LogP contribution < -0.4 is 0 Å². The fraction of sp³-hybridized carbons (Fsp3) is 0.706. The third kappa shape index (κ3) is 1.56. The Bertz CT molecular complexity index is 454. The Kier molecular flexibility index (Phi) is 2.50. The molecule has 4 rings (SSSR count). The summed E-state index contributed by atoms with van der Waals surface area (Å²) in [5.41, 5.74) is 4.81. The predicted octanol–water partition coefficient (Wildman–Crippen LogP) is 4.19. The highest BCUT2D eigenvalue weighted by atomic mass is 16.1. The highest BCUT2D eigenvalue weighted by Crippen LogP contribution is 2.54. The Balaban J connectivity index is 1.74. The molecule has 4 aliphatic carbocycles. The average molecular weight is 242 g/mol. The van der Waals surface area contributed by atoms with Crippen LogP contribution in [0.25, 0.3) is 0 Å². The van der Waals surface area contributed by atoms with E-state index in [0.717, 1.165) is 30.6 Å². The second kappa shape index (κ2) is 4.08. The lowest BCUT2D eigenvalue weighted by molar-refractivity contribution is -0.114. The van der Waals surface area contributed by atoms with Gasteiger partial charge in [0.15, 0.2) is 5.78 Å². The first-order valence-corrected chi connectivity index (χ1v) is 7.78. The van der Waals surface area contributed by atoms with Gasteiger partial charge in [0.25, 0.3) is 0 Å². The normalized spacial score (nSPS) is 39.0. The first kappa shape index (κ1) is 11.0. The van der Waals surface area contributed by atoms with Crippen LogP contribution in [0.3, 0.4) is 0 Å². The van der Waals surface area contributed by atoms with Gasteiger partial charge in [0.2, 0.25) is 0 Å². The van der Waals surface area contributed by atoms with E-state index in [2.05, 4.69) is 0 Å². The van der Waals surface area contributed by atoms with Gasteiger partial charge in [-0.15, -0.1) is 0 Å². The Morgan fingerprint density at radius 1 is 0.944 bits per heavy atom. The van der Waals surface area contributed by atoms with Crippen molar-refractivity contribution in [2.45, 2.75) is 57.8 Å². The molecule has 1 heteroatoms. The van der Waals surface area contributed by atoms with Crippen molar-refractivity contribution in [1.29, 1.82) is 0 Å². The van der Waals surface area contributed by atoms with Crippen molar-refractivity contribution in [3.05, 3.63) is 22.8 Å². The summed E-state index contributed by atoms with van der Waals surface area (Å²) in [5.74, 6) is 3.30. The van der Waals surface area contributed by atoms with Crippen LogP contribution in [0.5, 0.6) is 0 Å². The Hall–Kier alpha value is -0.850.